The highest BCUT2D eigenvalue weighted by Gasteiger charge is 2.13. The molecule has 1 N–H and O–H groups in total. The summed E-state index contributed by atoms with van der Waals surface area (Å²) in [5.41, 5.74) is 3.54. The van der Waals surface area contributed by atoms with Crippen LogP contribution in [0.3, 0.4) is 0 Å². The second kappa shape index (κ2) is 5.49. The molecule has 2 aromatic rings. The van der Waals surface area contributed by atoms with Crippen LogP contribution in [0.5, 0.6) is 0 Å². The molecule has 18 heavy (non-hydrogen) atoms. The first-order chi connectivity index (χ1) is 8.61. The molecule has 2 unspecified atom stereocenters. The Bertz CT molecular complexity index is 534. The maximum Gasteiger partial charge on any atom is 0.0705 e. The summed E-state index contributed by atoms with van der Waals surface area (Å²) in [4.78, 5) is 4.54. The van der Waals surface area contributed by atoms with E-state index in [4.69, 9.17) is 0 Å². The minimum atomic E-state index is 0.492. The number of hydrogen-bond acceptors (Lipinski definition) is 2. The van der Waals surface area contributed by atoms with Gasteiger partial charge in [-0.25, -0.2) is 0 Å². The molecule has 1 aromatic heterocycles. The Morgan fingerprint density at radius 2 is 1.94 bits per heavy atom. The number of aromatic nitrogens is 1. The van der Waals surface area contributed by atoms with Crippen LogP contribution in [0, 0.1) is 6.92 Å². The number of pyridine rings is 1. The summed E-state index contributed by atoms with van der Waals surface area (Å²) in [5, 5.41) is 4.72. The maximum absolute atomic E-state index is 4.54. The van der Waals surface area contributed by atoms with E-state index < -0.39 is 0 Å². The van der Waals surface area contributed by atoms with Crippen LogP contribution in [0.15, 0.2) is 30.3 Å². The molecule has 96 valence electrons. The van der Waals surface area contributed by atoms with Crippen LogP contribution in [-0.4, -0.2) is 17.6 Å². The molecule has 0 aliphatic carbocycles. The van der Waals surface area contributed by atoms with Crippen LogP contribution in [-0.2, 0) is 0 Å². The van der Waals surface area contributed by atoms with Crippen molar-refractivity contribution in [2.45, 2.75) is 39.7 Å². The predicted molar refractivity (Wildman–Crippen MR) is 78.0 cm³/mol. The third-order valence-electron chi connectivity index (χ3n) is 3.65. The van der Waals surface area contributed by atoms with Crippen molar-refractivity contribution in [3.05, 3.63) is 41.6 Å². The zero-order valence-electron chi connectivity index (χ0n) is 11.7. The van der Waals surface area contributed by atoms with Gasteiger partial charge < -0.3 is 5.32 Å². The van der Waals surface area contributed by atoms with Gasteiger partial charge in [0.25, 0.3) is 0 Å². The number of likely N-dealkylation sites (N-methyl/N-ethyl adjacent to an activating group) is 1. The van der Waals surface area contributed by atoms with Gasteiger partial charge in [-0.2, -0.15) is 0 Å². The first-order valence-electron chi connectivity index (χ1n) is 6.72. The number of nitrogens with zero attached hydrogens (tertiary/aromatic N) is 1. The molecule has 0 amide bonds. The lowest BCUT2D eigenvalue weighted by molar-refractivity contribution is 0.495. The van der Waals surface area contributed by atoms with E-state index in [1.165, 1.54) is 10.9 Å². The monoisotopic (exact) mass is 242 g/mol. The van der Waals surface area contributed by atoms with Crippen LogP contribution >= 0.6 is 0 Å². The molecule has 0 bridgehead atoms. The number of aryl methyl sites for hydroxylation is 1. The van der Waals surface area contributed by atoms with Gasteiger partial charge in [0.05, 0.1) is 5.52 Å². The molecule has 0 spiro atoms. The van der Waals surface area contributed by atoms with Crippen LogP contribution in [0.25, 0.3) is 10.9 Å². The molecular formula is C16H22N2. The third-order valence-corrected chi connectivity index (χ3v) is 3.65. The van der Waals surface area contributed by atoms with Crippen molar-refractivity contribution in [3.8, 4) is 0 Å². The predicted octanol–water partition coefficient (Wildman–Crippen LogP) is 3.64. The first-order valence-corrected chi connectivity index (χ1v) is 6.72. The Hall–Kier alpha value is -1.41. The molecule has 2 atom stereocenters. The van der Waals surface area contributed by atoms with Crippen molar-refractivity contribution >= 4 is 10.9 Å². The van der Waals surface area contributed by atoms with Crippen molar-refractivity contribution < 1.29 is 0 Å². The van der Waals surface area contributed by atoms with E-state index in [-0.39, 0.29) is 0 Å². The zero-order chi connectivity index (χ0) is 13.1. The summed E-state index contributed by atoms with van der Waals surface area (Å²) in [6, 6.07) is 11.3. The van der Waals surface area contributed by atoms with E-state index in [2.05, 4.69) is 61.4 Å². The minimum Gasteiger partial charge on any atom is -0.314 e. The lowest BCUT2D eigenvalue weighted by Gasteiger charge is -2.21. The SMILES string of the molecule is CCNC(C)C(C)c1ccc2nc(C)ccc2c1. The average molecular weight is 242 g/mol. The lowest BCUT2D eigenvalue weighted by Crippen LogP contribution is -2.30. The van der Waals surface area contributed by atoms with Gasteiger partial charge >= 0.3 is 0 Å². The fourth-order valence-electron chi connectivity index (χ4n) is 2.32. The number of hydrogen-bond donors (Lipinski definition) is 1. The Morgan fingerprint density at radius 1 is 1.17 bits per heavy atom. The fourth-order valence-corrected chi connectivity index (χ4v) is 2.32. The number of benzene rings is 1. The first kappa shape index (κ1) is 13.0. The molecule has 2 rings (SSSR count). The van der Waals surface area contributed by atoms with Gasteiger partial charge in [0, 0.05) is 17.1 Å². The minimum absolute atomic E-state index is 0.492. The molecule has 2 nitrogen and oxygen atoms in total. The van der Waals surface area contributed by atoms with Crippen molar-refractivity contribution in [2.24, 2.45) is 0 Å². The Balaban J connectivity index is 2.32. The highest BCUT2D eigenvalue weighted by atomic mass is 14.9. The topological polar surface area (TPSA) is 24.9 Å². The smallest absolute Gasteiger partial charge is 0.0705 e. The molecule has 0 aliphatic rings. The Kier molecular flexibility index (Phi) is 3.97. The van der Waals surface area contributed by atoms with E-state index in [9.17, 15) is 0 Å². The van der Waals surface area contributed by atoms with Gasteiger partial charge in [-0.3, -0.25) is 4.98 Å². The summed E-state index contributed by atoms with van der Waals surface area (Å²) in [7, 11) is 0. The second-order valence-corrected chi connectivity index (χ2v) is 5.04. The Morgan fingerprint density at radius 3 is 2.67 bits per heavy atom. The van der Waals surface area contributed by atoms with Gasteiger partial charge in [-0.1, -0.05) is 26.0 Å². The molecule has 1 heterocycles. The van der Waals surface area contributed by atoms with E-state index in [1.807, 2.05) is 6.92 Å². The van der Waals surface area contributed by atoms with Crippen LogP contribution < -0.4 is 5.32 Å². The quantitative estimate of drug-likeness (QED) is 0.885. The molecular weight excluding hydrogens is 220 g/mol. The van der Waals surface area contributed by atoms with Crippen molar-refractivity contribution in [3.63, 3.8) is 0 Å². The zero-order valence-corrected chi connectivity index (χ0v) is 11.7. The summed E-state index contributed by atoms with van der Waals surface area (Å²) in [6.07, 6.45) is 0. The average Bonchev–Trinajstić information content (AvgIpc) is 2.37. The summed E-state index contributed by atoms with van der Waals surface area (Å²) < 4.78 is 0. The molecule has 2 heteroatoms. The van der Waals surface area contributed by atoms with E-state index in [0.717, 1.165) is 17.8 Å². The van der Waals surface area contributed by atoms with Crippen molar-refractivity contribution in [1.29, 1.82) is 0 Å². The molecule has 0 saturated heterocycles. The molecule has 1 aromatic carbocycles. The van der Waals surface area contributed by atoms with E-state index in [1.54, 1.807) is 0 Å². The summed E-state index contributed by atoms with van der Waals surface area (Å²) in [5.74, 6) is 0.510. The highest BCUT2D eigenvalue weighted by Crippen LogP contribution is 2.23. The maximum atomic E-state index is 4.54. The van der Waals surface area contributed by atoms with Crippen LogP contribution in [0.2, 0.25) is 0 Å². The molecule has 0 aliphatic heterocycles. The van der Waals surface area contributed by atoms with Crippen molar-refractivity contribution in [1.82, 2.24) is 10.3 Å². The van der Waals surface area contributed by atoms with E-state index in [0.29, 0.717) is 12.0 Å². The standard InChI is InChI=1S/C16H22N2/c1-5-17-13(4)12(3)14-8-9-16-15(10-14)7-6-11(2)18-16/h6-10,12-13,17H,5H2,1-4H3. The van der Waals surface area contributed by atoms with Crippen LogP contribution in [0.4, 0.5) is 0 Å². The van der Waals surface area contributed by atoms with Gasteiger partial charge in [0.15, 0.2) is 0 Å². The summed E-state index contributed by atoms with van der Waals surface area (Å²) in [6.45, 7) is 9.71. The lowest BCUT2D eigenvalue weighted by atomic mass is 9.93. The van der Waals surface area contributed by atoms with Gasteiger partial charge in [0.2, 0.25) is 0 Å². The largest absolute Gasteiger partial charge is 0.314 e. The molecule has 0 fully saturated rings. The van der Waals surface area contributed by atoms with E-state index >= 15 is 0 Å². The normalized spacial score (nSPS) is 14.7. The number of rotatable bonds is 4. The van der Waals surface area contributed by atoms with Crippen LogP contribution in [0.1, 0.15) is 37.9 Å². The Labute approximate surface area is 109 Å². The van der Waals surface area contributed by atoms with Crippen molar-refractivity contribution in [2.75, 3.05) is 6.54 Å². The molecule has 0 radical (unpaired) electrons. The summed E-state index contributed by atoms with van der Waals surface area (Å²) >= 11 is 0. The second-order valence-electron chi connectivity index (χ2n) is 5.04. The number of nitrogens with one attached hydrogen (secondary N) is 1. The highest BCUT2D eigenvalue weighted by molar-refractivity contribution is 5.79. The van der Waals surface area contributed by atoms with Gasteiger partial charge in [-0.15, -0.1) is 0 Å². The van der Waals surface area contributed by atoms with Gasteiger partial charge in [-0.05, 0) is 50.1 Å². The third kappa shape index (κ3) is 2.70. The fraction of sp³-hybridized carbons (Fsp3) is 0.438. The van der Waals surface area contributed by atoms with Gasteiger partial charge in [0.1, 0.15) is 0 Å². The number of fused-ring (bicyclic) bond motifs is 1. The molecule has 0 saturated carbocycles.